The summed E-state index contributed by atoms with van der Waals surface area (Å²) in [6.45, 7) is 6.10. The second kappa shape index (κ2) is 11.5. The van der Waals surface area contributed by atoms with Crippen LogP contribution in [0.2, 0.25) is 0 Å². The first-order valence-electron chi connectivity index (χ1n) is 11.4. The lowest BCUT2D eigenvalue weighted by atomic mass is 10.1. The normalized spacial score (nSPS) is 11.6. The number of ether oxygens (including phenoxy) is 1. The van der Waals surface area contributed by atoms with Crippen LogP contribution in [0.1, 0.15) is 29.1 Å². The average molecular weight is 502 g/mol. The second-order valence-electron chi connectivity index (χ2n) is 8.06. The summed E-state index contributed by atoms with van der Waals surface area (Å²) >= 11 is 1.28. The van der Waals surface area contributed by atoms with Gasteiger partial charge in [-0.2, -0.15) is 0 Å². The van der Waals surface area contributed by atoms with Gasteiger partial charge in [0.2, 0.25) is 5.91 Å². The summed E-state index contributed by atoms with van der Waals surface area (Å²) in [7, 11) is 1.58. The molecule has 0 spiro atoms. The Morgan fingerprint density at radius 1 is 1.08 bits per heavy atom. The molecule has 0 saturated carbocycles. The van der Waals surface area contributed by atoms with Gasteiger partial charge < -0.3 is 19.9 Å². The van der Waals surface area contributed by atoms with Gasteiger partial charge in [-0.05, 0) is 54.1 Å². The predicted octanol–water partition coefficient (Wildman–Crippen LogP) is 4.85. The molecule has 4 aromatic rings. The van der Waals surface area contributed by atoms with E-state index in [0.717, 1.165) is 16.5 Å². The number of nitrogens with zero attached hydrogens (tertiary/aromatic N) is 3. The van der Waals surface area contributed by atoms with Gasteiger partial charge in [0.25, 0.3) is 5.91 Å². The van der Waals surface area contributed by atoms with E-state index in [4.69, 9.17) is 4.74 Å². The molecule has 36 heavy (non-hydrogen) atoms. The lowest BCUT2D eigenvalue weighted by Crippen LogP contribution is -2.28. The zero-order valence-electron chi connectivity index (χ0n) is 20.1. The van der Waals surface area contributed by atoms with Gasteiger partial charge in [-0.3, -0.25) is 9.59 Å². The molecule has 1 aromatic heterocycles. The maximum absolute atomic E-state index is 12.7. The summed E-state index contributed by atoms with van der Waals surface area (Å²) in [5.74, 6) is 1.04. The highest BCUT2D eigenvalue weighted by Crippen LogP contribution is 2.23. The Morgan fingerprint density at radius 2 is 1.83 bits per heavy atom. The van der Waals surface area contributed by atoms with Crippen LogP contribution in [0.25, 0.3) is 10.8 Å². The van der Waals surface area contributed by atoms with Crippen LogP contribution >= 0.6 is 11.8 Å². The van der Waals surface area contributed by atoms with Gasteiger partial charge in [-0.25, -0.2) is 0 Å². The number of aromatic nitrogens is 3. The highest BCUT2D eigenvalue weighted by molar-refractivity contribution is 7.99. The SMILES string of the molecule is C=CCn1c(SCC(=O)Nc2ccc3ccccc3c2)nnc1[C@@H](C)NC(=O)c1ccc(OC)cc1. The number of rotatable bonds is 10. The molecule has 1 heterocycles. The van der Waals surface area contributed by atoms with Crippen LogP contribution in [0.5, 0.6) is 5.75 Å². The van der Waals surface area contributed by atoms with E-state index in [0.29, 0.717) is 28.8 Å². The van der Waals surface area contributed by atoms with Crippen molar-refractivity contribution < 1.29 is 14.3 Å². The zero-order chi connectivity index (χ0) is 25.5. The third kappa shape index (κ3) is 5.92. The highest BCUT2D eigenvalue weighted by Gasteiger charge is 2.20. The fourth-order valence-electron chi connectivity index (χ4n) is 3.71. The summed E-state index contributed by atoms with van der Waals surface area (Å²) in [4.78, 5) is 25.3. The summed E-state index contributed by atoms with van der Waals surface area (Å²) in [6.07, 6.45) is 1.73. The van der Waals surface area contributed by atoms with Crippen molar-refractivity contribution in [2.75, 3.05) is 18.2 Å². The maximum atomic E-state index is 12.7. The molecule has 184 valence electrons. The molecule has 0 radical (unpaired) electrons. The van der Waals surface area contributed by atoms with E-state index in [1.807, 2.05) is 54.0 Å². The number of benzene rings is 3. The second-order valence-corrected chi connectivity index (χ2v) is 9.00. The van der Waals surface area contributed by atoms with Crippen molar-refractivity contribution in [2.45, 2.75) is 24.7 Å². The molecule has 0 aliphatic rings. The first-order chi connectivity index (χ1) is 17.5. The molecule has 2 amide bonds. The molecule has 0 fully saturated rings. The molecule has 3 aromatic carbocycles. The molecule has 0 aliphatic heterocycles. The molecule has 1 atom stereocenters. The quantitative estimate of drug-likeness (QED) is 0.238. The van der Waals surface area contributed by atoms with Gasteiger partial charge in [-0.1, -0.05) is 48.2 Å². The van der Waals surface area contributed by atoms with E-state index in [-0.39, 0.29) is 17.6 Å². The van der Waals surface area contributed by atoms with E-state index in [9.17, 15) is 9.59 Å². The molecule has 0 saturated heterocycles. The molecule has 2 N–H and O–H groups in total. The Balaban J connectivity index is 1.40. The maximum Gasteiger partial charge on any atom is 0.251 e. The third-order valence-electron chi connectivity index (χ3n) is 5.51. The lowest BCUT2D eigenvalue weighted by molar-refractivity contribution is -0.113. The van der Waals surface area contributed by atoms with Crippen LogP contribution in [0.3, 0.4) is 0 Å². The minimum atomic E-state index is -0.409. The minimum Gasteiger partial charge on any atom is -0.497 e. The third-order valence-corrected chi connectivity index (χ3v) is 6.48. The van der Waals surface area contributed by atoms with Crippen LogP contribution < -0.4 is 15.4 Å². The number of fused-ring (bicyclic) bond motifs is 1. The lowest BCUT2D eigenvalue weighted by Gasteiger charge is -2.15. The number of carbonyl (C=O) groups excluding carboxylic acids is 2. The van der Waals surface area contributed by atoms with Crippen LogP contribution in [0, 0.1) is 0 Å². The fourth-order valence-corrected chi connectivity index (χ4v) is 4.46. The number of allylic oxidation sites excluding steroid dienone is 1. The van der Waals surface area contributed by atoms with Crippen molar-refractivity contribution in [3.05, 3.63) is 90.8 Å². The summed E-state index contributed by atoms with van der Waals surface area (Å²) in [5, 5.41) is 17.2. The van der Waals surface area contributed by atoms with Crippen molar-refractivity contribution in [1.82, 2.24) is 20.1 Å². The van der Waals surface area contributed by atoms with Crippen molar-refractivity contribution >= 4 is 40.0 Å². The summed E-state index contributed by atoms with van der Waals surface area (Å²) in [6, 6.07) is 20.3. The zero-order valence-corrected chi connectivity index (χ0v) is 20.9. The fraction of sp³-hybridized carbons (Fsp3) is 0.185. The number of methoxy groups -OCH3 is 1. The standard InChI is InChI=1S/C27H27N5O3S/c1-4-15-32-25(18(2)28-26(34)20-10-13-23(35-3)14-11-20)30-31-27(32)36-17-24(33)29-22-12-9-19-7-5-6-8-21(19)16-22/h4-14,16,18H,1,15,17H2,2-3H3,(H,28,34)(H,29,33)/t18-/m1/s1. The van der Waals surface area contributed by atoms with Crippen molar-refractivity contribution in [3.8, 4) is 5.75 Å². The minimum absolute atomic E-state index is 0.147. The number of carbonyl (C=O) groups is 2. The van der Waals surface area contributed by atoms with Crippen LogP contribution in [0.4, 0.5) is 5.69 Å². The Morgan fingerprint density at radius 3 is 2.56 bits per heavy atom. The first-order valence-corrected chi connectivity index (χ1v) is 12.4. The van der Waals surface area contributed by atoms with Crippen molar-refractivity contribution in [3.63, 3.8) is 0 Å². The number of thioether (sulfide) groups is 1. The summed E-state index contributed by atoms with van der Waals surface area (Å²) < 4.78 is 6.99. The van der Waals surface area contributed by atoms with Crippen molar-refractivity contribution in [1.29, 1.82) is 0 Å². The Labute approximate surface area is 213 Å². The van der Waals surface area contributed by atoms with Gasteiger partial charge in [-0.15, -0.1) is 16.8 Å². The Bertz CT molecular complexity index is 1380. The number of hydrogen-bond acceptors (Lipinski definition) is 6. The van der Waals surface area contributed by atoms with E-state index < -0.39 is 6.04 Å². The number of amides is 2. The van der Waals surface area contributed by atoms with Gasteiger partial charge in [0.1, 0.15) is 5.75 Å². The molecule has 8 nitrogen and oxygen atoms in total. The molecule has 0 unspecified atom stereocenters. The number of nitrogens with one attached hydrogen (secondary N) is 2. The largest absolute Gasteiger partial charge is 0.497 e. The van der Waals surface area contributed by atoms with Gasteiger partial charge in [0, 0.05) is 17.8 Å². The van der Waals surface area contributed by atoms with E-state index in [2.05, 4.69) is 27.4 Å². The van der Waals surface area contributed by atoms with Crippen LogP contribution in [-0.2, 0) is 11.3 Å². The van der Waals surface area contributed by atoms with Crippen molar-refractivity contribution in [2.24, 2.45) is 0 Å². The molecular formula is C27H27N5O3S. The summed E-state index contributed by atoms with van der Waals surface area (Å²) in [5.41, 5.74) is 1.25. The monoisotopic (exact) mass is 501 g/mol. The van der Waals surface area contributed by atoms with Crippen LogP contribution in [-0.4, -0.2) is 39.4 Å². The smallest absolute Gasteiger partial charge is 0.251 e. The predicted molar refractivity (Wildman–Crippen MR) is 142 cm³/mol. The number of hydrogen-bond donors (Lipinski definition) is 2. The van der Waals surface area contributed by atoms with E-state index in [1.54, 1.807) is 37.5 Å². The van der Waals surface area contributed by atoms with Gasteiger partial charge in [0.05, 0.1) is 18.9 Å². The molecule has 9 heteroatoms. The first kappa shape index (κ1) is 25.0. The van der Waals surface area contributed by atoms with Crippen LogP contribution in [0.15, 0.2) is 84.5 Å². The molecule has 4 rings (SSSR count). The van der Waals surface area contributed by atoms with E-state index in [1.165, 1.54) is 11.8 Å². The molecular weight excluding hydrogens is 474 g/mol. The molecule has 0 bridgehead atoms. The van der Waals surface area contributed by atoms with Gasteiger partial charge >= 0.3 is 0 Å². The highest BCUT2D eigenvalue weighted by atomic mass is 32.2. The number of anilines is 1. The molecule has 0 aliphatic carbocycles. The van der Waals surface area contributed by atoms with E-state index >= 15 is 0 Å². The Hall–Kier alpha value is -4.11. The van der Waals surface area contributed by atoms with Gasteiger partial charge in [0.15, 0.2) is 11.0 Å². The topological polar surface area (TPSA) is 98.1 Å². The average Bonchev–Trinajstić information content (AvgIpc) is 3.30. The Kier molecular flexibility index (Phi) is 8.02.